The topological polar surface area (TPSA) is 63.1 Å². The Hall–Kier alpha value is -1.59. The van der Waals surface area contributed by atoms with Crippen molar-refractivity contribution >= 4 is 6.03 Å². The van der Waals surface area contributed by atoms with Gasteiger partial charge < -0.3 is 10.2 Å². The van der Waals surface area contributed by atoms with Crippen LogP contribution in [0.25, 0.3) is 0 Å². The molecule has 76 valence electrons. The summed E-state index contributed by atoms with van der Waals surface area (Å²) >= 11 is 0. The van der Waals surface area contributed by atoms with Gasteiger partial charge in [-0.3, -0.25) is 4.68 Å². The van der Waals surface area contributed by atoms with Crippen LogP contribution in [0.1, 0.15) is 6.42 Å². The zero-order chi connectivity index (χ0) is 9.80. The van der Waals surface area contributed by atoms with Gasteiger partial charge in [-0.1, -0.05) is 5.21 Å². The lowest BCUT2D eigenvalue weighted by atomic mass is 10.3. The summed E-state index contributed by atoms with van der Waals surface area (Å²) in [6, 6.07) is 0.0244. The van der Waals surface area contributed by atoms with Gasteiger partial charge in [0.15, 0.2) is 0 Å². The Kier molecular flexibility index (Phi) is 2.62. The van der Waals surface area contributed by atoms with Crippen molar-refractivity contribution in [2.75, 3.05) is 19.6 Å². The number of urea groups is 1. The first-order valence-electron chi connectivity index (χ1n) is 4.73. The smallest absolute Gasteiger partial charge is 0.317 e. The Morgan fingerprint density at radius 2 is 2.43 bits per heavy atom. The minimum Gasteiger partial charge on any atom is -0.338 e. The number of nitrogens with one attached hydrogen (secondary N) is 1. The molecular formula is C8H13N5O. The number of rotatable bonds is 3. The molecule has 0 unspecified atom stereocenters. The molecule has 2 amide bonds. The maximum absolute atomic E-state index is 11.3. The molecule has 0 atom stereocenters. The molecule has 2 heterocycles. The van der Waals surface area contributed by atoms with Gasteiger partial charge in [0.25, 0.3) is 0 Å². The summed E-state index contributed by atoms with van der Waals surface area (Å²) in [5, 5.41) is 10.3. The average molecular weight is 195 g/mol. The first-order valence-corrected chi connectivity index (χ1v) is 4.73. The standard InChI is InChI=1S/C8H13N5O/c14-8-9-2-1-4-12(8)6-7-13-5-3-10-11-13/h3,5H,1-2,4,6-7H2,(H,9,14). The van der Waals surface area contributed by atoms with Gasteiger partial charge in [0.2, 0.25) is 0 Å². The second kappa shape index (κ2) is 4.08. The van der Waals surface area contributed by atoms with Crippen molar-refractivity contribution in [3.63, 3.8) is 0 Å². The SMILES string of the molecule is O=C1NCCCN1CCn1ccnn1. The molecule has 0 spiro atoms. The van der Waals surface area contributed by atoms with Crippen LogP contribution in [0.5, 0.6) is 0 Å². The van der Waals surface area contributed by atoms with Crippen molar-refractivity contribution in [2.24, 2.45) is 0 Å². The molecule has 0 bridgehead atoms. The van der Waals surface area contributed by atoms with Crippen LogP contribution in [0, 0.1) is 0 Å². The van der Waals surface area contributed by atoms with Crippen LogP contribution in [-0.2, 0) is 6.54 Å². The highest BCUT2D eigenvalue weighted by molar-refractivity contribution is 5.74. The van der Waals surface area contributed by atoms with Crippen molar-refractivity contribution in [1.29, 1.82) is 0 Å². The van der Waals surface area contributed by atoms with Crippen molar-refractivity contribution in [3.05, 3.63) is 12.4 Å². The number of hydrogen-bond acceptors (Lipinski definition) is 3. The van der Waals surface area contributed by atoms with Gasteiger partial charge in [0, 0.05) is 25.8 Å². The second-order valence-electron chi connectivity index (χ2n) is 3.24. The molecule has 0 aromatic carbocycles. The van der Waals surface area contributed by atoms with Gasteiger partial charge in [0.05, 0.1) is 12.7 Å². The molecule has 1 N–H and O–H groups in total. The fourth-order valence-electron chi connectivity index (χ4n) is 1.47. The summed E-state index contributed by atoms with van der Waals surface area (Å²) in [5.41, 5.74) is 0. The normalized spacial score (nSPS) is 16.9. The summed E-state index contributed by atoms with van der Waals surface area (Å²) < 4.78 is 1.72. The molecule has 1 aliphatic heterocycles. The number of aromatic nitrogens is 3. The van der Waals surface area contributed by atoms with Crippen molar-refractivity contribution < 1.29 is 4.79 Å². The third-order valence-electron chi connectivity index (χ3n) is 2.24. The van der Waals surface area contributed by atoms with E-state index in [0.29, 0.717) is 13.1 Å². The quantitative estimate of drug-likeness (QED) is 0.719. The Morgan fingerprint density at radius 1 is 1.50 bits per heavy atom. The number of carbonyl (C=O) groups excluding carboxylic acids is 1. The predicted molar refractivity (Wildman–Crippen MR) is 49.6 cm³/mol. The van der Waals surface area contributed by atoms with Gasteiger partial charge in [-0.2, -0.15) is 0 Å². The Bertz CT molecular complexity index is 297. The molecule has 2 rings (SSSR count). The second-order valence-corrected chi connectivity index (χ2v) is 3.24. The van der Waals surface area contributed by atoms with Crippen molar-refractivity contribution in [1.82, 2.24) is 25.2 Å². The van der Waals surface area contributed by atoms with E-state index in [9.17, 15) is 4.79 Å². The van der Waals surface area contributed by atoms with E-state index in [4.69, 9.17) is 0 Å². The lowest BCUT2D eigenvalue weighted by molar-refractivity contribution is 0.183. The lowest BCUT2D eigenvalue weighted by Crippen LogP contribution is -2.47. The highest BCUT2D eigenvalue weighted by atomic mass is 16.2. The molecule has 0 aliphatic carbocycles. The average Bonchev–Trinajstić information content (AvgIpc) is 2.69. The molecule has 6 heteroatoms. The molecule has 1 saturated heterocycles. The maximum atomic E-state index is 11.3. The highest BCUT2D eigenvalue weighted by Crippen LogP contribution is 1.98. The van der Waals surface area contributed by atoms with Gasteiger partial charge in [-0.05, 0) is 6.42 Å². The monoisotopic (exact) mass is 195 g/mol. The Morgan fingerprint density at radius 3 is 3.14 bits per heavy atom. The van der Waals surface area contributed by atoms with Crippen molar-refractivity contribution in [3.8, 4) is 0 Å². The number of nitrogens with zero attached hydrogens (tertiary/aromatic N) is 4. The van der Waals surface area contributed by atoms with Crippen LogP contribution in [0.2, 0.25) is 0 Å². The van der Waals surface area contributed by atoms with Gasteiger partial charge in [-0.25, -0.2) is 4.79 Å². The van der Waals surface area contributed by atoms with Gasteiger partial charge in [0.1, 0.15) is 0 Å². The van der Waals surface area contributed by atoms with E-state index in [1.165, 1.54) is 0 Å². The van der Waals surface area contributed by atoms with E-state index < -0.39 is 0 Å². The minimum atomic E-state index is 0.0244. The van der Waals surface area contributed by atoms with E-state index in [-0.39, 0.29) is 6.03 Å². The fourth-order valence-corrected chi connectivity index (χ4v) is 1.47. The predicted octanol–water partition coefficient (Wildman–Crippen LogP) is -0.307. The minimum absolute atomic E-state index is 0.0244. The first kappa shape index (κ1) is 8.98. The van der Waals surface area contributed by atoms with Crippen LogP contribution < -0.4 is 5.32 Å². The maximum Gasteiger partial charge on any atom is 0.317 e. The Labute approximate surface area is 81.9 Å². The highest BCUT2D eigenvalue weighted by Gasteiger charge is 2.16. The zero-order valence-corrected chi connectivity index (χ0v) is 7.89. The zero-order valence-electron chi connectivity index (χ0n) is 7.89. The molecule has 14 heavy (non-hydrogen) atoms. The third-order valence-corrected chi connectivity index (χ3v) is 2.24. The largest absolute Gasteiger partial charge is 0.338 e. The van der Waals surface area contributed by atoms with E-state index in [2.05, 4.69) is 15.6 Å². The van der Waals surface area contributed by atoms with Crippen LogP contribution in [0.15, 0.2) is 12.4 Å². The molecule has 0 radical (unpaired) electrons. The van der Waals surface area contributed by atoms with Crippen molar-refractivity contribution in [2.45, 2.75) is 13.0 Å². The summed E-state index contributed by atoms with van der Waals surface area (Å²) in [5.74, 6) is 0. The van der Waals surface area contributed by atoms with E-state index in [1.807, 2.05) is 0 Å². The van der Waals surface area contributed by atoms with E-state index in [0.717, 1.165) is 19.5 Å². The number of hydrogen-bond donors (Lipinski definition) is 1. The lowest BCUT2D eigenvalue weighted by Gasteiger charge is -2.27. The van der Waals surface area contributed by atoms with Gasteiger partial charge in [-0.15, -0.1) is 5.10 Å². The number of amides is 2. The molecule has 6 nitrogen and oxygen atoms in total. The van der Waals surface area contributed by atoms with Gasteiger partial charge >= 0.3 is 6.03 Å². The summed E-state index contributed by atoms with van der Waals surface area (Å²) in [7, 11) is 0. The molecule has 1 aromatic rings. The summed E-state index contributed by atoms with van der Waals surface area (Å²) in [4.78, 5) is 13.1. The van der Waals surface area contributed by atoms with Crippen LogP contribution in [0.3, 0.4) is 0 Å². The summed E-state index contributed by atoms with van der Waals surface area (Å²) in [6.07, 6.45) is 4.45. The Balaban J connectivity index is 1.82. The fraction of sp³-hybridized carbons (Fsp3) is 0.625. The summed E-state index contributed by atoms with van der Waals surface area (Å²) in [6.45, 7) is 3.02. The molecule has 1 aliphatic rings. The first-order chi connectivity index (χ1) is 6.86. The van der Waals surface area contributed by atoms with Crippen LogP contribution in [-0.4, -0.2) is 45.6 Å². The number of carbonyl (C=O) groups is 1. The van der Waals surface area contributed by atoms with E-state index >= 15 is 0 Å². The molecular weight excluding hydrogens is 182 g/mol. The van der Waals surface area contributed by atoms with Crippen LogP contribution >= 0.6 is 0 Å². The molecule has 1 fully saturated rings. The molecule has 0 saturated carbocycles. The van der Waals surface area contributed by atoms with E-state index in [1.54, 1.807) is 22.0 Å². The third kappa shape index (κ3) is 2.01. The van der Waals surface area contributed by atoms with Crippen LogP contribution in [0.4, 0.5) is 4.79 Å². The molecule has 1 aromatic heterocycles.